The van der Waals surface area contributed by atoms with E-state index in [9.17, 15) is 24.6 Å². The Hall–Kier alpha value is -3.53. The number of carbonyl (C=O) groups is 2. The van der Waals surface area contributed by atoms with Crippen LogP contribution in [-0.4, -0.2) is 42.7 Å². The largest absolute Gasteiger partial charge is 0.481 e. The Morgan fingerprint density at radius 3 is 2.40 bits per heavy atom. The van der Waals surface area contributed by atoms with Crippen LogP contribution in [0.1, 0.15) is 54.9 Å². The maximum atomic E-state index is 15.7. The summed E-state index contributed by atoms with van der Waals surface area (Å²) in [5.74, 6) is -3.09. The van der Waals surface area contributed by atoms with E-state index in [2.05, 4.69) is 9.97 Å². The van der Waals surface area contributed by atoms with E-state index in [1.807, 2.05) is 0 Å². The topological polar surface area (TPSA) is 126 Å². The van der Waals surface area contributed by atoms with Gasteiger partial charge in [0.15, 0.2) is 5.82 Å². The van der Waals surface area contributed by atoms with Crippen LogP contribution in [-0.2, 0) is 4.79 Å². The Morgan fingerprint density at radius 1 is 1.09 bits per heavy atom. The first kappa shape index (κ1) is 23.2. The molecule has 1 aromatic carbocycles. The van der Waals surface area contributed by atoms with E-state index >= 15 is 4.39 Å². The molecule has 0 amide bonds. The average Bonchev–Trinajstić information content (AvgIpc) is 3.66. The minimum Gasteiger partial charge on any atom is -0.481 e. The maximum Gasteiger partial charge on any atom is 0.341 e. The number of aromatic nitrogens is 3. The number of aliphatic carboxylic acids is 1. The van der Waals surface area contributed by atoms with Crippen LogP contribution < -0.4 is 10.3 Å². The van der Waals surface area contributed by atoms with E-state index in [0.29, 0.717) is 37.0 Å². The Bertz CT molecular complexity index is 1400. The highest BCUT2D eigenvalue weighted by Crippen LogP contribution is 2.41. The van der Waals surface area contributed by atoms with Crippen LogP contribution in [0, 0.1) is 11.7 Å². The number of carboxylic acids is 2. The lowest BCUT2D eigenvalue weighted by molar-refractivity contribution is -0.142. The first-order valence-electron chi connectivity index (χ1n) is 11.4. The second kappa shape index (κ2) is 8.92. The molecule has 9 nitrogen and oxygen atoms in total. The average molecular weight is 501 g/mol. The van der Waals surface area contributed by atoms with Crippen LogP contribution in [0.25, 0.3) is 10.9 Å². The number of anilines is 2. The van der Waals surface area contributed by atoms with Crippen LogP contribution in [0.2, 0.25) is 5.15 Å². The lowest BCUT2D eigenvalue weighted by Crippen LogP contribution is -2.37. The summed E-state index contributed by atoms with van der Waals surface area (Å²) < 4.78 is 17.4. The molecule has 2 heterocycles. The zero-order chi connectivity index (χ0) is 24.9. The van der Waals surface area contributed by atoms with Crippen molar-refractivity contribution >= 4 is 45.9 Å². The van der Waals surface area contributed by atoms with E-state index in [4.69, 9.17) is 11.6 Å². The van der Waals surface area contributed by atoms with Crippen LogP contribution >= 0.6 is 11.6 Å². The number of nitrogens with zero attached hydrogens (tertiary/aromatic N) is 4. The molecule has 5 rings (SSSR count). The molecule has 3 aromatic rings. The number of rotatable bonds is 6. The molecule has 0 unspecified atom stereocenters. The van der Waals surface area contributed by atoms with Gasteiger partial charge in [0.2, 0.25) is 5.43 Å². The van der Waals surface area contributed by atoms with Gasteiger partial charge in [-0.2, -0.15) is 0 Å². The zero-order valence-corrected chi connectivity index (χ0v) is 19.3. The fraction of sp³-hybridized carbons (Fsp3) is 0.375. The molecule has 0 radical (unpaired) electrons. The van der Waals surface area contributed by atoms with E-state index in [1.165, 1.54) is 18.6 Å². The number of hydrogen-bond acceptors (Lipinski definition) is 6. The van der Waals surface area contributed by atoms with Crippen molar-refractivity contribution in [2.24, 2.45) is 5.92 Å². The molecule has 2 aromatic heterocycles. The first-order chi connectivity index (χ1) is 16.7. The second-order valence-corrected chi connectivity index (χ2v) is 9.44. The fourth-order valence-corrected chi connectivity index (χ4v) is 5.03. The number of pyridine rings is 1. The summed E-state index contributed by atoms with van der Waals surface area (Å²) in [5.41, 5.74) is -0.574. The van der Waals surface area contributed by atoms with Crippen LogP contribution in [0.4, 0.5) is 15.9 Å². The third-order valence-corrected chi connectivity index (χ3v) is 6.96. The van der Waals surface area contributed by atoms with Gasteiger partial charge >= 0.3 is 11.9 Å². The van der Waals surface area contributed by atoms with Crippen molar-refractivity contribution in [2.75, 3.05) is 4.90 Å². The lowest BCUT2D eigenvalue weighted by Gasteiger charge is -2.37. The molecule has 0 atom stereocenters. The highest BCUT2D eigenvalue weighted by Gasteiger charge is 2.33. The van der Waals surface area contributed by atoms with Gasteiger partial charge in [0.05, 0.1) is 29.5 Å². The summed E-state index contributed by atoms with van der Waals surface area (Å²) >= 11 is 6.08. The third-order valence-electron chi connectivity index (χ3n) is 6.78. The number of hydrogen-bond donors (Lipinski definition) is 2. The van der Waals surface area contributed by atoms with E-state index in [0.717, 1.165) is 18.9 Å². The molecule has 2 aliphatic rings. The van der Waals surface area contributed by atoms with Crippen molar-refractivity contribution in [2.45, 2.75) is 50.6 Å². The van der Waals surface area contributed by atoms with Crippen LogP contribution in [0.15, 0.2) is 35.5 Å². The summed E-state index contributed by atoms with van der Waals surface area (Å²) in [7, 11) is 0. The Kier molecular flexibility index (Phi) is 5.92. The molecular formula is C24H22ClFN4O5. The van der Waals surface area contributed by atoms with Crippen molar-refractivity contribution in [3.63, 3.8) is 0 Å². The lowest BCUT2D eigenvalue weighted by atomic mass is 9.85. The van der Waals surface area contributed by atoms with Gasteiger partial charge in [0.1, 0.15) is 16.5 Å². The molecular weight excluding hydrogens is 479 g/mol. The Balaban J connectivity index is 1.68. The normalized spacial score (nSPS) is 20.1. The quantitative estimate of drug-likeness (QED) is 0.510. The molecule has 2 aliphatic carbocycles. The summed E-state index contributed by atoms with van der Waals surface area (Å²) in [6, 6.07) is 2.37. The summed E-state index contributed by atoms with van der Waals surface area (Å²) in [6.45, 7) is 0. The van der Waals surface area contributed by atoms with Gasteiger partial charge in [-0.05, 0) is 50.7 Å². The molecule has 182 valence electrons. The molecule has 11 heteroatoms. The smallest absolute Gasteiger partial charge is 0.341 e. The first-order valence-corrected chi connectivity index (χ1v) is 11.7. The molecule has 2 saturated carbocycles. The molecule has 2 N–H and O–H groups in total. The molecule has 0 bridgehead atoms. The maximum absolute atomic E-state index is 15.7. The van der Waals surface area contributed by atoms with E-state index in [1.54, 1.807) is 15.5 Å². The van der Waals surface area contributed by atoms with Gasteiger partial charge in [-0.3, -0.25) is 14.6 Å². The fourth-order valence-electron chi connectivity index (χ4n) is 4.89. The van der Waals surface area contributed by atoms with Crippen molar-refractivity contribution in [1.82, 2.24) is 14.5 Å². The number of halogens is 2. The van der Waals surface area contributed by atoms with Crippen molar-refractivity contribution < 1.29 is 24.2 Å². The van der Waals surface area contributed by atoms with Crippen molar-refractivity contribution in [3.8, 4) is 0 Å². The highest BCUT2D eigenvalue weighted by atomic mass is 35.5. The molecule has 35 heavy (non-hydrogen) atoms. The van der Waals surface area contributed by atoms with Gasteiger partial charge in [-0.1, -0.05) is 11.6 Å². The van der Waals surface area contributed by atoms with E-state index < -0.39 is 34.7 Å². The Labute approximate surface area is 203 Å². The van der Waals surface area contributed by atoms with Gasteiger partial charge < -0.3 is 19.7 Å². The van der Waals surface area contributed by atoms with Gasteiger partial charge in [-0.25, -0.2) is 14.2 Å². The number of fused-ring (bicyclic) bond motifs is 1. The molecule has 0 aliphatic heterocycles. The highest BCUT2D eigenvalue weighted by molar-refractivity contribution is 6.29. The number of carboxylic acid groups (broad SMARTS) is 2. The number of aromatic carboxylic acids is 1. The molecule has 0 saturated heterocycles. The summed E-state index contributed by atoms with van der Waals surface area (Å²) in [6.07, 6.45) is 7.61. The Morgan fingerprint density at radius 2 is 1.80 bits per heavy atom. The van der Waals surface area contributed by atoms with Crippen LogP contribution in [0.3, 0.4) is 0 Å². The zero-order valence-electron chi connectivity index (χ0n) is 18.5. The van der Waals surface area contributed by atoms with E-state index in [-0.39, 0.29) is 28.3 Å². The van der Waals surface area contributed by atoms with Gasteiger partial charge in [-0.15, -0.1) is 0 Å². The minimum atomic E-state index is -1.36. The third kappa shape index (κ3) is 4.34. The van der Waals surface area contributed by atoms with Gasteiger partial charge in [0.25, 0.3) is 0 Å². The van der Waals surface area contributed by atoms with Crippen LogP contribution in [0.5, 0.6) is 0 Å². The minimum absolute atomic E-state index is 0.00948. The number of benzene rings is 1. The van der Waals surface area contributed by atoms with Gasteiger partial charge in [0, 0.05) is 23.7 Å². The monoisotopic (exact) mass is 500 g/mol. The molecule has 2 fully saturated rings. The predicted octanol–water partition coefficient (Wildman–Crippen LogP) is 4.40. The summed E-state index contributed by atoms with van der Waals surface area (Å²) in [4.78, 5) is 46.0. The summed E-state index contributed by atoms with van der Waals surface area (Å²) in [5, 5.41) is 19.0. The van der Waals surface area contributed by atoms with Crippen molar-refractivity contribution in [3.05, 3.63) is 57.5 Å². The standard InChI is InChI=1S/C24H22ClFN4O5/c25-20-9-27-10-21(28-20)30(14-3-1-12(2-4-14)23(32)33)19-8-18-15(7-17(19)26)22(31)16(24(34)35)11-29(18)13-5-6-13/h7-14H,1-6H2,(H,32,33)(H,34,35). The molecule has 0 spiro atoms. The van der Waals surface area contributed by atoms with Crippen molar-refractivity contribution in [1.29, 1.82) is 0 Å². The predicted molar refractivity (Wildman–Crippen MR) is 126 cm³/mol. The SMILES string of the molecule is O=C(O)c1cn(C2CC2)c2cc(N(c3cncc(Cl)n3)C3CCC(C(=O)O)CC3)c(F)cc2c1=O. The second-order valence-electron chi connectivity index (χ2n) is 9.05.